The van der Waals surface area contributed by atoms with E-state index in [1.54, 1.807) is 0 Å². The highest BCUT2D eigenvalue weighted by atomic mass is 16.4. The third-order valence-corrected chi connectivity index (χ3v) is 3.20. The van der Waals surface area contributed by atoms with Crippen LogP contribution < -0.4 is 5.32 Å². The van der Waals surface area contributed by atoms with Gasteiger partial charge in [0.05, 0.1) is 0 Å². The Bertz CT molecular complexity index is 247. The van der Waals surface area contributed by atoms with Crippen LogP contribution in [-0.2, 0) is 9.59 Å². The summed E-state index contributed by atoms with van der Waals surface area (Å²) >= 11 is 0. The van der Waals surface area contributed by atoms with Crippen molar-refractivity contribution in [1.29, 1.82) is 0 Å². The Morgan fingerprint density at radius 3 is 2.56 bits per heavy atom. The predicted molar refractivity (Wildman–Crippen MR) is 61.0 cm³/mol. The molecule has 92 valence electrons. The van der Waals surface area contributed by atoms with Gasteiger partial charge in [0.25, 0.3) is 0 Å². The monoisotopic (exact) mass is 227 g/mol. The van der Waals surface area contributed by atoms with Crippen molar-refractivity contribution in [1.82, 2.24) is 5.32 Å². The fourth-order valence-corrected chi connectivity index (χ4v) is 2.08. The Morgan fingerprint density at radius 2 is 2.00 bits per heavy atom. The summed E-state index contributed by atoms with van der Waals surface area (Å²) in [6.45, 7) is 2.57. The number of carbonyl (C=O) groups is 2. The van der Waals surface area contributed by atoms with Crippen molar-refractivity contribution in [2.75, 3.05) is 6.54 Å². The number of carboxylic acids is 1. The van der Waals surface area contributed by atoms with E-state index in [9.17, 15) is 9.59 Å². The van der Waals surface area contributed by atoms with E-state index in [1.165, 1.54) is 0 Å². The van der Waals surface area contributed by atoms with Gasteiger partial charge in [-0.1, -0.05) is 19.8 Å². The molecule has 0 aromatic carbocycles. The zero-order valence-electron chi connectivity index (χ0n) is 9.87. The zero-order chi connectivity index (χ0) is 12.0. The average Bonchev–Trinajstić information content (AvgIpc) is 2.76. The number of nitrogens with one attached hydrogen (secondary N) is 1. The normalized spacial score (nSPS) is 18.3. The molecule has 1 aliphatic carbocycles. The van der Waals surface area contributed by atoms with Crippen LogP contribution in [0.2, 0.25) is 0 Å². The van der Waals surface area contributed by atoms with Gasteiger partial charge in [-0.3, -0.25) is 9.59 Å². The number of rotatable bonds is 6. The summed E-state index contributed by atoms with van der Waals surface area (Å²) in [5.41, 5.74) is 0. The van der Waals surface area contributed by atoms with Crippen LogP contribution in [0.15, 0.2) is 0 Å². The molecule has 0 bridgehead atoms. The lowest BCUT2D eigenvalue weighted by molar-refractivity contribution is -0.137. The summed E-state index contributed by atoms with van der Waals surface area (Å²) < 4.78 is 0. The van der Waals surface area contributed by atoms with Crippen molar-refractivity contribution in [2.45, 2.75) is 45.4 Å². The average molecular weight is 227 g/mol. The molecule has 1 aliphatic rings. The predicted octanol–water partition coefficient (Wildman–Crippen LogP) is 1.79. The zero-order valence-corrected chi connectivity index (χ0v) is 9.87. The van der Waals surface area contributed by atoms with Gasteiger partial charge in [0.15, 0.2) is 0 Å². The van der Waals surface area contributed by atoms with E-state index in [0.717, 1.165) is 25.7 Å². The van der Waals surface area contributed by atoms with Crippen molar-refractivity contribution >= 4 is 11.9 Å². The minimum Gasteiger partial charge on any atom is -0.481 e. The maximum absolute atomic E-state index is 11.7. The molecule has 1 amide bonds. The summed E-state index contributed by atoms with van der Waals surface area (Å²) in [6, 6.07) is 0. The first kappa shape index (κ1) is 13.0. The Labute approximate surface area is 96.4 Å². The van der Waals surface area contributed by atoms with Crippen molar-refractivity contribution in [3.8, 4) is 0 Å². The van der Waals surface area contributed by atoms with Crippen molar-refractivity contribution in [3.05, 3.63) is 0 Å². The van der Waals surface area contributed by atoms with Crippen LogP contribution >= 0.6 is 0 Å². The molecule has 1 saturated carbocycles. The molecule has 0 aromatic heterocycles. The Balaban J connectivity index is 2.12. The number of hydrogen-bond donors (Lipinski definition) is 2. The Kier molecular flexibility index (Phi) is 5.29. The van der Waals surface area contributed by atoms with Gasteiger partial charge < -0.3 is 10.4 Å². The van der Waals surface area contributed by atoms with Gasteiger partial charge in [-0.25, -0.2) is 0 Å². The van der Waals surface area contributed by atoms with Gasteiger partial charge in [-0.15, -0.1) is 0 Å². The standard InChI is InChI=1S/C12H21NO3/c1-9(6-7-11(14)15)8-13-12(16)10-4-2-3-5-10/h9-10H,2-8H2,1H3,(H,13,16)(H,14,15). The van der Waals surface area contributed by atoms with Crippen LogP contribution in [0.25, 0.3) is 0 Å². The minimum atomic E-state index is -0.769. The van der Waals surface area contributed by atoms with E-state index in [0.29, 0.717) is 13.0 Å². The fourth-order valence-electron chi connectivity index (χ4n) is 2.08. The molecule has 0 saturated heterocycles. The fraction of sp³-hybridized carbons (Fsp3) is 0.833. The molecule has 0 heterocycles. The summed E-state index contributed by atoms with van der Waals surface area (Å²) in [6.07, 6.45) is 5.14. The van der Waals surface area contributed by atoms with Gasteiger partial charge in [0.2, 0.25) is 5.91 Å². The second kappa shape index (κ2) is 6.51. The van der Waals surface area contributed by atoms with E-state index < -0.39 is 5.97 Å². The minimum absolute atomic E-state index is 0.152. The van der Waals surface area contributed by atoms with Gasteiger partial charge in [0.1, 0.15) is 0 Å². The van der Waals surface area contributed by atoms with Gasteiger partial charge in [-0.05, 0) is 25.2 Å². The second-order valence-corrected chi connectivity index (χ2v) is 4.76. The van der Waals surface area contributed by atoms with Crippen LogP contribution in [0.5, 0.6) is 0 Å². The molecule has 0 aromatic rings. The van der Waals surface area contributed by atoms with Crippen molar-refractivity contribution in [3.63, 3.8) is 0 Å². The molecule has 16 heavy (non-hydrogen) atoms. The van der Waals surface area contributed by atoms with Gasteiger partial charge >= 0.3 is 5.97 Å². The first-order valence-corrected chi connectivity index (χ1v) is 6.09. The van der Waals surface area contributed by atoms with Crippen molar-refractivity contribution < 1.29 is 14.7 Å². The molecular weight excluding hydrogens is 206 g/mol. The third kappa shape index (κ3) is 4.64. The molecule has 4 heteroatoms. The molecule has 1 rings (SSSR count). The quantitative estimate of drug-likeness (QED) is 0.727. The molecule has 1 atom stereocenters. The second-order valence-electron chi connectivity index (χ2n) is 4.76. The van der Waals surface area contributed by atoms with E-state index >= 15 is 0 Å². The first-order valence-electron chi connectivity index (χ1n) is 6.09. The highest BCUT2D eigenvalue weighted by molar-refractivity contribution is 5.78. The molecule has 0 spiro atoms. The SMILES string of the molecule is CC(CCC(=O)O)CNC(=O)C1CCCC1. The summed E-state index contributed by atoms with van der Waals surface area (Å²) in [7, 11) is 0. The van der Waals surface area contributed by atoms with E-state index in [-0.39, 0.29) is 24.2 Å². The smallest absolute Gasteiger partial charge is 0.303 e. The van der Waals surface area contributed by atoms with Gasteiger partial charge in [-0.2, -0.15) is 0 Å². The summed E-state index contributed by atoms with van der Waals surface area (Å²) in [5, 5.41) is 11.4. The lowest BCUT2D eigenvalue weighted by Gasteiger charge is -2.14. The Morgan fingerprint density at radius 1 is 1.38 bits per heavy atom. The van der Waals surface area contributed by atoms with E-state index in [4.69, 9.17) is 5.11 Å². The van der Waals surface area contributed by atoms with Gasteiger partial charge in [0, 0.05) is 18.9 Å². The summed E-state index contributed by atoms with van der Waals surface area (Å²) in [5.74, 6) is -0.179. The highest BCUT2D eigenvalue weighted by Crippen LogP contribution is 2.24. The molecule has 0 radical (unpaired) electrons. The largest absolute Gasteiger partial charge is 0.481 e. The van der Waals surface area contributed by atoms with Crippen LogP contribution in [0, 0.1) is 11.8 Å². The molecular formula is C12H21NO3. The maximum Gasteiger partial charge on any atom is 0.303 e. The first-order chi connectivity index (χ1) is 7.59. The highest BCUT2D eigenvalue weighted by Gasteiger charge is 2.22. The number of carboxylic acid groups (broad SMARTS) is 1. The number of carbonyl (C=O) groups excluding carboxylic acids is 1. The molecule has 0 aliphatic heterocycles. The molecule has 1 unspecified atom stereocenters. The maximum atomic E-state index is 11.7. The lowest BCUT2D eigenvalue weighted by Crippen LogP contribution is -2.32. The van der Waals surface area contributed by atoms with Crippen LogP contribution in [0.1, 0.15) is 45.4 Å². The summed E-state index contributed by atoms with van der Waals surface area (Å²) in [4.78, 5) is 22.0. The number of aliphatic carboxylic acids is 1. The number of amides is 1. The molecule has 2 N–H and O–H groups in total. The molecule has 1 fully saturated rings. The lowest BCUT2D eigenvalue weighted by atomic mass is 10.0. The van der Waals surface area contributed by atoms with Crippen LogP contribution in [0.3, 0.4) is 0 Å². The number of hydrogen-bond acceptors (Lipinski definition) is 2. The molecule has 4 nitrogen and oxygen atoms in total. The van der Waals surface area contributed by atoms with Crippen LogP contribution in [0.4, 0.5) is 0 Å². The van der Waals surface area contributed by atoms with Crippen LogP contribution in [-0.4, -0.2) is 23.5 Å². The van der Waals surface area contributed by atoms with Crippen molar-refractivity contribution in [2.24, 2.45) is 11.8 Å². The topological polar surface area (TPSA) is 66.4 Å². The van der Waals surface area contributed by atoms with E-state index in [1.807, 2.05) is 6.92 Å². The van der Waals surface area contributed by atoms with E-state index in [2.05, 4.69) is 5.32 Å². The third-order valence-electron chi connectivity index (χ3n) is 3.20. The Hall–Kier alpha value is -1.06.